The van der Waals surface area contributed by atoms with Crippen LogP contribution < -0.4 is 4.72 Å². The van der Waals surface area contributed by atoms with Crippen molar-refractivity contribution in [1.82, 2.24) is 14.5 Å². The quantitative estimate of drug-likeness (QED) is 0.762. The summed E-state index contributed by atoms with van der Waals surface area (Å²) in [5.74, 6) is -1.17. The van der Waals surface area contributed by atoms with E-state index in [1.54, 1.807) is 6.07 Å². The van der Waals surface area contributed by atoms with Crippen LogP contribution >= 0.6 is 0 Å². The minimum absolute atomic E-state index is 0.102. The van der Waals surface area contributed by atoms with E-state index in [-0.39, 0.29) is 5.56 Å². The first-order chi connectivity index (χ1) is 12.2. The highest BCUT2D eigenvalue weighted by Crippen LogP contribution is 2.25. The van der Waals surface area contributed by atoms with E-state index in [9.17, 15) is 17.6 Å². The molecule has 0 saturated carbocycles. The Kier molecular flexibility index (Phi) is 4.60. The van der Waals surface area contributed by atoms with Crippen molar-refractivity contribution < 1.29 is 17.6 Å². The summed E-state index contributed by atoms with van der Waals surface area (Å²) in [6, 6.07) is 12.9. The van der Waals surface area contributed by atoms with Crippen molar-refractivity contribution in [3.05, 3.63) is 71.7 Å². The van der Waals surface area contributed by atoms with Crippen LogP contribution in [0, 0.1) is 12.7 Å². The third-order valence-corrected chi connectivity index (χ3v) is 4.18. The molecule has 0 fully saturated rings. The lowest BCUT2D eigenvalue weighted by atomic mass is 10.1. The zero-order chi connectivity index (χ0) is 18.9. The normalized spacial score (nSPS) is 11.3. The second-order valence-electron chi connectivity index (χ2n) is 5.89. The molecule has 134 valence electrons. The van der Waals surface area contributed by atoms with E-state index in [1.807, 2.05) is 29.8 Å². The number of hydrogen-bond donors (Lipinski definition) is 1. The standard InChI is InChI=1S/C18H16FN3O3S/c1-12-4-3-5-13(10-12)17-16(18(23)21-26(2,24)25)11-22(20-17)15-8-6-14(19)7-9-15/h3-11H,1-2H3,(H,21,23). The van der Waals surface area contributed by atoms with Crippen LogP contribution in [0.4, 0.5) is 4.39 Å². The lowest BCUT2D eigenvalue weighted by Gasteiger charge is -2.04. The molecule has 1 aromatic heterocycles. The minimum atomic E-state index is -3.73. The van der Waals surface area contributed by atoms with Crippen LogP contribution in [0.3, 0.4) is 0 Å². The first-order valence-corrected chi connectivity index (χ1v) is 9.57. The first kappa shape index (κ1) is 17.8. The average molecular weight is 373 g/mol. The van der Waals surface area contributed by atoms with Gasteiger partial charge in [0, 0.05) is 11.8 Å². The van der Waals surface area contributed by atoms with Gasteiger partial charge < -0.3 is 0 Å². The molecule has 0 spiro atoms. The van der Waals surface area contributed by atoms with Gasteiger partial charge in [-0.2, -0.15) is 5.10 Å². The van der Waals surface area contributed by atoms with Crippen molar-refractivity contribution in [2.75, 3.05) is 6.26 Å². The summed E-state index contributed by atoms with van der Waals surface area (Å²) >= 11 is 0. The van der Waals surface area contributed by atoms with Crippen molar-refractivity contribution in [1.29, 1.82) is 0 Å². The molecule has 3 aromatic rings. The third kappa shape index (κ3) is 3.97. The van der Waals surface area contributed by atoms with Crippen LogP contribution in [0.1, 0.15) is 15.9 Å². The smallest absolute Gasteiger partial charge is 0.268 e. The van der Waals surface area contributed by atoms with E-state index < -0.39 is 21.7 Å². The third-order valence-electron chi connectivity index (χ3n) is 3.62. The Morgan fingerprint density at radius 3 is 2.46 bits per heavy atom. The summed E-state index contributed by atoms with van der Waals surface area (Å²) in [6.07, 6.45) is 2.33. The van der Waals surface area contributed by atoms with Crippen molar-refractivity contribution in [2.45, 2.75) is 6.92 Å². The van der Waals surface area contributed by atoms with Gasteiger partial charge in [0.25, 0.3) is 5.91 Å². The van der Waals surface area contributed by atoms with E-state index in [0.29, 0.717) is 16.9 Å². The number of rotatable bonds is 4. The molecule has 0 aliphatic heterocycles. The maximum Gasteiger partial charge on any atom is 0.268 e. The number of aryl methyl sites for hydroxylation is 1. The molecule has 0 saturated heterocycles. The maximum atomic E-state index is 13.1. The molecule has 1 amide bonds. The predicted molar refractivity (Wildman–Crippen MR) is 96.0 cm³/mol. The first-order valence-electron chi connectivity index (χ1n) is 7.68. The molecule has 0 aliphatic rings. The fourth-order valence-corrected chi connectivity index (χ4v) is 2.94. The molecule has 6 nitrogen and oxygen atoms in total. The number of benzene rings is 2. The Morgan fingerprint density at radius 2 is 1.85 bits per heavy atom. The number of nitrogens with one attached hydrogen (secondary N) is 1. The van der Waals surface area contributed by atoms with Gasteiger partial charge in [-0.25, -0.2) is 22.2 Å². The molecule has 2 aromatic carbocycles. The van der Waals surface area contributed by atoms with E-state index in [4.69, 9.17) is 0 Å². The molecule has 1 heterocycles. The van der Waals surface area contributed by atoms with Gasteiger partial charge in [0.15, 0.2) is 0 Å². The Hall–Kier alpha value is -3.00. The summed E-state index contributed by atoms with van der Waals surface area (Å²) in [4.78, 5) is 12.4. The lowest BCUT2D eigenvalue weighted by molar-refractivity contribution is 0.0982. The summed E-state index contributed by atoms with van der Waals surface area (Å²) < 4.78 is 39.4. The van der Waals surface area contributed by atoms with Gasteiger partial charge in [-0.3, -0.25) is 4.79 Å². The molecular formula is C18H16FN3O3S. The molecule has 0 atom stereocenters. The minimum Gasteiger partial charge on any atom is -0.268 e. The molecular weight excluding hydrogens is 357 g/mol. The van der Waals surface area contributed by atoms with Gasteiger partial charge in [-0.15, -0.1) is 0 Å². The predicted octanol–water partition coefficient (Wildman–Crippen LogP) is 2.68. The van der Waals surface area contributed by atoms with Gasteiger partial charge in [0.1, 0.15) is 11.5 Å². The van der Waals surface area contributed by atoms with E-state index in [0.717, 1.165) is 11.8 Å². The molecule has 0 aliphatic carbocycles. The molecule has 8 heteroatoms. The SMILES string of the molecule is Cc1cccc(-c2nn(-c3ccc(F)cc3)cc2C(=O)NS(C)(=O)=O)c1. The van der Waals surface area contributed by atoms with Gasteiger partial charge in [0.05, 0.1) is 17.5 Å². The number of halogens is 1. The highest BCUT2D eigenvalue weighted by Gasteiger charge is 2.21. The largest absolute Gasteiger partial charge is 0.268 e. The zero-order valence-electron chi connectivity index (χ0n) is 14.1. The number of carbonyl (C=O) groups excluding carboxylic acids is 1. The molecule has 0 unspecified atom stereocenters. The Bertz CT molecular complexity index is 1070. The number of aromatic nitrogens is 2. The van der Waals surface area contributed by atoms with Gasteiger partial charge in [-0.1, -0.05) is 23.8 Å². The highest BCUT2D eigenvalue weighted by molar-refractivity contribution is 7.89. The maximum absolute atomic E-state index is 13.1. The van der Waals surface area contributed by atoms with Crippen molar-refractivity contribution in [2.24, 2.45) is 0 Å². The summed E-state index contributed by atoms with van der Waals surface area (Å²) in [6.45, 7) is 1.90. The number of amides is 1. The van der Waals surface area contributed by atoms with Gasteiger partial charge in [-0.05, 0) is 37.3 Å². The van der Waals surface area contributed by atoms with Crippen LogP contribution in [0.5, 0.6) is 0 Å². The van der Waals surface area contributed by atoms with Crippen molar-refractivity contribution in [3.8, 4) is 16.9 Å². The average Bonchev–Trinajstić information content (AvgIpc) is 2.99. The van der Waals surface area contributed by atoms with Gasteiger partial charge in [0.2, 0.25) is 10.0 Å². The monoisotopic (exact) mass is 373 g/mol. The van der Waals surface area contributed by atoms with E-state index >= 15 is 0 Å². The van der Waals surface area contributed by atoms with E-state index in [2.05, 4.69) is 5.10 Å². The zero-order valence-corrected chi connectivity index (χ0v) is 14.9. The summed E-state index contributed by atoms with van der Waals surface area (Å²) in [7, 11) is -3.73. The van der Waals surface area contributed by atoms with Gasteiger partial charge >= 0.3 is 0 Å². The van der Waals surface area contributed by atoms with Crippen LogP contribution in [0.15, 0.2) is 54.7 Å². The van der Waals surface area contributed by atoms with Crippen LogP contribution in [-0.4, -0.2) is 30.4 Å². The van der Waals surface area contributed by atoms with Crippen molar-refractivity contribution >= 4 is 15.9 Å². The molecule has 0 bridgehead atoms. The van der Waals surface area contributed by atoms with Crippen LogP contribution in [0.2, 0.25) is 0 Å². The Labute approximate surface area is 150 Å². The van der Waals surface area contributed by atoms with Crippen LogP contribution in [0.25, 0.3) is 16.9 Å². The number of sulfonamides is 1. The topological polar surface area (TPSA) is 81.1 Å². The summed E-state index contributed by atoms with van der Waals surface area (Å²) in [5, 5.41) is 4.41. The lowest BCUT2D eigenvalue weighted by Crippen LogP contribution is -2.29. The van der Waals surface area contributed by atoms with Crippen LogP contribution in [-0.2, 0) is 10.0 Å². The number of hydrogen-bond acceptors (Lipinski definition) is 4. The fourth-order valence-electron chi connectivity index (χ4n) is 2.50. The Morgan fingerprint density at radius 1 is 1.15 bits per heavy atom. The molecule has 3 rings (SSSR count). The molecule has 1 N–H and O–H groups in total. The van der Waals surface area contributed by atoms with Crippen molar-refractivity contribution in [3.63, 3.8) is 0 Å². The second-order valence-corrected chi connectivity index (χ2v) is 7.63. The molecule has 0 radical (unpaired) electrons. The summed E-state index contributed by atoms with van der Waals surface area (Å²) in [5.41, 5.74) is 2.61. The number of nitrogens with zero attached hydrogens (tertiary/aromatic N) is 2. The Balaban J connectivity index is 2.14. The highest BCUT2D eigenvalue weighted by atomic mass is 32.2. The van der Waals surface area contributed by atoms with E-state index in [1.165, 1.54) is 35.1 Å². The second kappa shape index (κ2) is 6.72. The molecule has 26 heavy (non-hydrogen) atoms. The fraction of sp³-hybridized carbons (Fsp3) is 0.111. The number of carbonyl (C=O) groups is 1.